The highest BCUT2D eigenvalue weighted by molar-refractivity contribution is 5.89. The number of hydrogen-bond acceptors (Lipinski definition) is 5. The van der Waals surface area contributed by atoms with E-state index in [0.717, 1.165) is 0 Å². The molecule has 5 heteroatoms. The second-order valence-corrected chi connectivity index (χ2v) is 9.54. The number of carbonyl (C=O) groups excluding carboxylic acids is 2. The number of ether oxygens (including phenoxy) is 2. The van der Waals surface area contributed by atoms with Gasteiger partial charge in [0.15, 0.2) is 0 Å². The molecule has 0 heterocycles. The Morgan fingerprint density at radius 1 is 1.00 bits per heavy atom. The van der Waals surface area contributed by atoms with Gasteiger partial charge in [0.05, 0.1) is 24.4 Å². The highest BCUT2D eigenvalue weighted by atomic mass is 16.5. The third-order valence-electron chi connectivity index (χ3n) is 4.40. The van der Waals surface area contributed by atoms with Crippen LogP contribution in [0.5, 0.6) is 0 Å². The minimum atomic E-state index is -0.340. The maximum Gasteiger partial charge on any atom is 0.338 e. The Balaban J connectivity index is 0.000000578. The first-order valence-corrected chi connectivity index (χ1v) is 10.3. The minimum Gasteiger partial charge on any atom is -0.462 e. The van der Waals surface area contributed by atoms with E-state index in [2.05, 4.69) is 0 Å². The van der Waals surface area contributed by atoms with Crippen LogP contribution in [0.25, 0.3) is 0 Å². The fourth-order valence-corrected chi connectivity index (χ4v) is 2.16. The molecule has 5 nitrogen and oxygen atoms in total. The summed E-state index contributed by atoms with van der Waals surface area (Å²) in [6.45, 7) is 16.7. The number of Topliss-reactive ketones (excluding diaryl/α,β-unsaturated/α-hetero) is 1. The topological polar surface area (TPSA) is 72.8 Å². The number of aliphatic hydroxyl groups excluding tert-OH is 1. The van der Waals surface area contributed by atoms with E-state index in [9.17, 15) is 14.7 Å². The van der Waals surface area contributed by atoms with Gasteiger partial charge in [0.1, 0.15) is 5.78 Å². The third kappa shape index (κ3) is 13.2. The maximum absolute atomic E-state index is 11.7. The molecule has 0 radical (unpaired) electrons. The fourth-order valence-electron chi connectivity index (χ4n) is 2.16. The van der Waals surface area contributed by atoms with Crippen LogP contribution in [0.3, 0.4) is 0 Å². The molecular formula is C24H40O5. The summed E-state index contributed by atoms with van der Waals surface area (Å²) in [6.07, 6.45) is 0.537. The van der Waals surface area contributed by atoms with Crippen molar-refractivity contribution in [2.75, 3.05) is 19.8 Å². The summed E-state index contributed by atoms with van der Waals surface area (Å²) in [4.78, 5) is 22.8. The highest BCUT2D eigenvalue weighted by Crippen LogP contribution is 2.25. The monoisotopic (exact) mass is 408 g/mol. The molecule has 0 saturated carbocycles. The van der Waals surface area contributed by atoms with Crippen molar-refractivity contribution in [3.05, 3.63) is 35.9 Å². The van der Waals surface area contributed by atoms with Crippen molar-refractivity contribution in [2.24, 2.45) is 17.3 Å². The molecule has 0 fully saturated rings. The number of rotatable bonds is 8. The Kier molecular flexibility index (Phi) is 12.0. The zero-order valence-electron chi connectivity index (χ0n) is 19.5. The van der Waals surface area contributed by atoms with Crippen molar-refractivity contribution in [1.29, 1.82) is 0 Å². The molecule has 0 spiro atoms. The van der Waals surface area contributed by atoms with Crippen molar-refractivity contribution in [3.63, 3.8) is 0 Å². The molecule has 166 valence electrons. The van der Waals surface area contributed by atoms with Gasteiger partial charge in [-0.05, 0) is 38.3 Å². The molecule has 0 aliphatic rings. The first-order valence-electron chi connectivity index (χ1n) is 10.3. The van der Waals surface area contributed by atoms with Crippen LogP contribution in [0.4, 0.5) is 0 Å². The van der Waals surface area contributed by atoms with E-state index < -0.39 is 0 Å². The Morgan fingerprint density at radius 3 is 1.97 bits per heavy atom. The van der Waals surface area contributed by atoms with E-state index >= 15 is 0 Å². The SMILES string of the molecule is CC(C)(C)C(CO)COC(=O)c1ccccc1.CC(C)C(=O)CCOC(C)(C)C. The lowest BCUT2D eigenvalue weighted by atomic mass is 9.82. The largest absolute Gasteiger partial charge is 0.462 e. The van der Waals surface area contributed by atoms with Gasteiger partial charge in [-0.3, -0.25) is 4.79 Å². The van der Waals surface area contributed by atoms with Crippen LogP contribution in [0.15, 0.2) is 30.3 Å². The van der Waals surface area contributed by atoms with Gasteiger partial charge in [0.2, 0.25) is 0 Å². The van der Waals surface area contributed by atoms with Crippen LogP contribution in [0, 0.1) is 17.3 Å². The lowest BCUT2D eigenvalue weighted by Gasteiger charge is -2.28. The molecule has 1 atom stereocenters. The highest BCUT2D eigenvalue weighted by Gasteiger charge is 2.25. The van der Waals surface area contributed by atoms with Crippen LogP contribution >= 0.6 is 0 Å². The molecule has 1 unspecified atom stereocenters. The number of carbonyl (C=O) groups is 2. The zero-order chi connectivity index (χ0) is 22.7. The van der Waals surface area contributed by atoms with Gasteiger partial charge in [-0.25, -0.2) is 4.79 Å². The lowest BCUT2D eigenvalue weighted by Crippen LogP contribution is -2.29. The molecule has 1 N–H and O–H groups in total. The van der Waals surface area contributed by atoms with Gasteiger partial charge in [-0.1, -0.05) is 52.8 Å². The van der Waals surface area contributed by atoms with Crippen LogP contribution in [0.2, 0.25) is 0 Å². The predicted molar refractivity (Wildman–Crippen MR) is 117 cm³/mol. The summed E-state index contributed by atoms with van der Waals surface area (Å²) in [6, 6.07) is 8.87. The van der Waals surface area contributed by atoms with Crippen molar-refractivity contribution >= 4 is 11.8 Å². The molecule has 0 aliphatic heterocycles. The molecule has 0 aromatic heterocycles. The molecular weight excluding hydrogens is 368 g/mol. The molecule has 0 aliphatic carbocycles. The number of aliphatic hydroxyl groups is 1. The average molecular weight is 409 g/mol. The summed E-state index contributed by atoms with van der Waals surface area (Å²) >= 11 is 0. The Morgan fingerprint density at radius 2 is 1.55 bits per heavy atom. The molecule has 0 bridgehead atoms. The molecule has 29 heavy (non-hydrogen) atoms. The van der Waals surface area contributed by atoms with Gasteiger partial charge >= 0.3 is 5.97 Å². The molecule has 1 aromatic carbocycles. The van der Waals surface area contributed by atoms with Crippen LogP contribution in [0.1, 0.15) is 72.2 Å². The van der Waals surface area contributed by atoms with E-state index in [1.807, 2.05) is 61.5 Å². The maximum atomic E-state index is 11.7. The lowest BCUT2D eigenvalue weighted by molar-refractivity contribution is -0.124. The number of benzene rings is 1. The summed E-state index contributed by atoms with van der Waals surface area (Å²) in [5.74, 6) is 0.0243. The van der Waals surface area contributed by atoms with E-state index in [-0.39, 0.29) is 47.8 Å². The van der Waals surface area contributed by atoms with Crippen molar-refractivity contribution in [2.45, 2.75) is 67.4 Å². The first-order chi connectivity index (χ1) is 13.3. The number of esters is 1. The zero-order valence-corrected chi connectivity index (χ0v) is 19.5. The minimum absolute atomic E-state index is 0.0194. The molecule has 1 aromatic rings. The van der Waals surface area contributed by atoms with Crippen LogP contribution < -0.4 is 0 Å². The van der Waals surface area contributed by atoms with Gasteiger partial charge in [-0.2, -0.15) is 0 Å². The Hall–Kier alpha value is -1.72. The quantitative estimate of drug-likeness (QED) is 0.619. The van der Waals surface area contributed by atoms with Gasteiger partial charge in [-0.15, -0.1) is 0 Å². The van der Waals surface area contributed by atoms with Crippen molar-refractivity contribution in [1.82, 2.24) is 0 Å². The third-order valence-corrected chi connectivity index (χ3v) is 4.40. The summed E-state index contributed by atoms with van der Waals surface area (Å²) in [5, 5.41) is 9.25. The first kappa shape index (κ1) is 27.3. The van der Waals surface area contributed by atoms with Crippen molar-refractivity contribution in [3.8, 4) is 0 Å². The smallest absolute Gasteiger partial charge is 0.338 e. The number of hydrogen-bond donors (Lipinski definition) is 1. The Bertz CT molecular complexity index is 594. The van der Waals surface area contributed by atoms with E-state index in [0.29, 0.717) is 18.6 Å². The van der Waals surface area contributed by atoms with Gasteiger partial charge < -0.3 is 14.6 Å². The van der Waals surface area contributed by atoms with Crippen LogP contribution in [-0.2, 0) is 14.3 Å². The van der Waals surface area contributed by atoms with Crippen molar-refractivity contribution < 1.29 is 24.2 Å². The van der Waals surface area contributed by atoms with Crippen LogP contribution in [-0.4, -0.2) is 42.3 Å². The van der Waals surface area contributed by atoms with Gasteiger partial charge in [0, 0.05) is 24.9 Å². The van der Waals surface area contributed by atoms with E-state index in [4.69, 9.17) is 9.47 Å². The van der Waals surface area contributed by atoms with E-state index in [1.54, 1.807) is 24.3 Å². The second-order valence-electron chi connectivity index (χ2n) is 9.54. The Labute approximate surface area is 176 Å². The normalized spacial score (nSPS) is 12.8. The standard InChI is InChI=1S/C14H20O3.C10H20O2/c1-14(2,3)12(9-15)10-17-13(16)11-7-5-4-6-8-11;1-8(2)9(11)6-7-12-10(3,4)5/h4-8,12,15H,9-10H2,1-3H3;8H,6-7H2,1-5H3. The van der Waals surface area contributed by atoms with E-state index in [1.165, 1.54) is 0 Å². The fraction of sp³-hybridized carbons (Fsp3) is 0.667. The predicted octanol–water partition coefficient (Wildman–Crippen LogP) is 4.91. The van der Waals surface area contributed by atoms with Gasteiger partial charge in [0.25, 0.3) is 0 Å². The molecule has 0 amide bonds. The number of ketones is 1. The molecule has 0 saturated heterocycles. The summed E-state index contributed by atoms with van der Waals surface area (Å²) < 4.78 is 10.6. The average Bonchev–Trinajstić information content (AvgIpc) is 2.61. The summed E-state index contributed by atoms with van der Waals surface area (Å²) in [5.41, 5.74) is 0.335. The second kappa shape index (κ2) is 12.8. The summed E-state index contributed by atoms with van der Waals surface area (Å²) in [7, 11) is 0. The molecule has 1 rings (SSSR count).